The zero-order chi connectivity index (χ0) is 8.97. The average molecular weight is 181 g/mol. The van der Waals surface area contributed by atoms with E-state index >= 15 is 0 Å². The van der Waals surface area contributed by atoms with Gasteiger partial charge in [0.2, 0.25) is 0 Å². The lowest BCUT2D eigenvalue weighted by Gasteiger charge is -1.87. The first-order valence-electron chi connectivity index (χ1n) is 3.91. The molecule has 0 atom stereocenters. The fraction of sp³-hybridized carbons (Fsp3) is 0.375. The highest BCUT2D eigenvalue weighted by atomic mass is 32.1. The summed E-state index contributed by atoms with van der Waals surface area (Å²) in [4.78, 5) is 3.99. The maximum atomic E-state index is 4.11. The minimum atomic E-state index is 0.894. The van der Waals surface area contributed by atoms with Crippen molar-refractivity contribution < 1.29 is 0 Å². The summed E-state index contributed by atoms with van der Waals surface area (Å²) in [6, 6.07) is 0. The van der Waals surface area contributed by atoms with Gasteiger partial charge in [0.05, 0.1) is 17.9 Å². The molecule has 0 bridgehead atoms. The van der Waals surface area contributed by atoms with Crippen LogP contribution in [0.4, 0.5) is 0 Å². The molecule has 0 fully saturated rings. The molecular weight excluding hydrogens is 170 g/mol. The van der Waals surface area contributed by atoms with Gasteiger partial charge in [-0.05, 0) is 12.5 Å². The standard InChI is InChI=1S/C6H5N3S.C2H6/c1-4-2-7-3-5-6(4)9-10-8-5;1-2/h2-3H,1H3;1-2H3. The number of hydrogen-bond acceptors (Lipinski definition) is 4. The van der Waals surface area contributed by atoms with Crippen LogP contribution in [0, 0.1) is 6.92 Å². The third kappa shape index (κ3) is 1.58. The van der Waals surface area contributed by atoms with Crippen molar-refractivity contribution in [1.29, 1.82) is 0 Å². The van der Waals surface area contributed by atoms with Crippen molar-refractivity contribution in [3.8, 4) is 0 Å². The van der Waals surface area contributed by atoms with E-state index in [0.29, 0.717) is 0 Å². The number of hydrogen-bond donors (Lipinski definition) is 0. The third-order valence-electron chi connectivity index (χ3n) is 1.35. The largest absolute Gasteiger partial charge is 0.262 e. The predicted octanol–water partition coefficient (Wildman–Crippen LogP) is 2.42. The molecule has 2 aromatic heterocycles. The maximum absolute atomic E-state index is 4.11. The summed E-state index contributed by atoms with van der Waals surface area (Å²) < 4.78 is 8.16. The van der Waals surface area contributed by atoms with E-state index in [9.17, 15) is 0 Å². The Hall–Kier alpha value is -1.03. The van der Waals surface area contributed by atoms with Crippen molar-refractivity contribution in [2.75, 3.05) is 0 Å². The van der Waals surface area contributed by atoms with Gasteiger partial charge < -0.3 is 0 Å². The summed E-state index contributed by atoms with van der Waals surface area (Å²) in [7, 11) is 0. The SMILES string of the molecule is CC.Cc1cncc2nsnc12. The van der Waals surface area contributed by atoms with E-state index in [0.717, 1.165) is 16.6 Å². The van der Waals surface area contributed by atoms with Crippen molar-refractivity contribution in [3.63, 3.8) is 0 Å². The highest BCUT2D eigenvalue weighted by Crippen LogP contribution is 2.12. The number of aryl methyl sites for hydroxylation is 1. The molecule has 64 valence electrons. The van der Waals surface area contributed by atoms with Crippen LogP contribution >= 0.6 is 11.7 Å². The molecule has 2 rings (SSSR count). The van der Waals surface area contributed by atoms with Gasteiger partial charge in [-0.15, -0.1) is 0 Å². The third-order valence-corrected chi connectivity index (χ3v) is 1.90. The quantitative estimate of drug-likeness (QED) is 0.626. The van der Waals surface area contributed by atoms with Gasteiger partial charge in [0.1, 0.15) is 11.0 Å². The van der Waals surface area contributed by atoms with Gasteiger partial charge in [-0.25, -0.2) is 0 Å². The van der Waals surface area contributed by atoms with E-state index in [2.05, 4.69) is 13.7 Å². The van der Waals surface area contributed by atoms with Crippen LogP contribution in [0.5, 0.6) is 0 Å². The maximum Gasteiger partial charge on any atom is 0.123 e. The minimum absolute atomic E-state index is 0.894. The first-order valence-corrected chi connectivity index (χ1v) is 4.64. The van der Waals surface area contributed by atoms with Crippen LogP contribution in [0.2, 0.25) is 0 Å². The van der Waals surface area contributed by atoms with Crippen LogP contribution in [0.25, 0.3) is 11.0 Å². The van der Waals surface area contributed by atoms with Crippen molar-refractivity contribution in [3.05, 3.63) is 18.0 Å². The number of fused-ring (bicyclic) bond motifs is 1. The van der Waals surface area contributed by atoms with Crippen LogP contribution in [0.15, 0.2) is 12.4 Å². The van der Waals surface area contributed by atoms with Crippen LogP contribution in [-0.4, -0.2) is 13.7 Å². The Morgan fingerprint density at radius 3 is 2.58 bits per heavy atom. The van der Waals surface area contributed by atoms with E-state index in [1.165, 1.54) is 11.7 Å². The molecule has 3 nitrogen and oxygen atoms in total. The van der Waals surface area contributed by atoms with Crippen LogP contribution in [-0.2, 0) is 0 Å². The molecule has 0 N–H and O–H groups in total. The van der Waals surface area contributed by atoms with Gasteiger partial charge in [-0.2, -0.15) is 8.75 Å². The van der Waals surface area contributed by atoms with E-state index in [1.807, 2.05) is 20.8 Å². The lowest BCUT2D eigenvalue weighted by Crippen LogP contribution is -1.78. The Kier molecular flexibility index (Phi) is 3.10. The Morgan fingerprint density at radius 1 is 1.17 bits per heavy atom. The normalized spacial score (nSPS) is 9.25. The van der Waals surface area contributed by atoms with Crippen molar-refractivity contribution >= 4 is 22.8 Å². The van der Waals surface area contributed by atoms with Gasteiger partial charge >= 0.3 is 0 Å². The minimum Gasteiger partial charge on any atom is -0.262 e. The van der Waals surface area contributed by atoms with E-state index < -0.39 is 0 Å². The van der Waals surface area contributed by atoms with Gasteiger partial charge in [0, 0.05) is 6.20 Å². The molecule has 0 saturated carbocycles. The molecule has 0 aliphatic rings. The van der Waals surface area contributed by atoms with Crippen molar-refractivity contribution in [1.82, 2.24) is 13.7 Å². The zero-order valence-corrected chi connectivity index (χ0v) is 8.22. The molecule has 0 radical (unpaired) electrons. The number of aromatic nitrogens is 3. The molecule has 0 aliphatic heterocycles. The molecule has 12 heavy (non-hydrogen) atoms. The number of pyridine rings is 1. The molecule has 4 heteroatoms. The molecule has 2 heterocycles. The number of rotatable bonds is 0. The smallest absolute Gasteiger partial charge is 0.123 e. The Bertz CT molecular complexity index is 356. The van der Waals surface area contributed by atoms with Crippen LogP contribution < -0.4 is 0 Å². The molecule has 0 aromatic carbocycles. The van der Waals surface area contributed by atoms with Gasteiger partial charge in [-0.3, -0.25) is 4.98 Å². The molecule has 0 unspecified atom stereocenters. The molecule has 0 amide bonds. The fourth-order valence-electron chi connectivity index (χ4n) is 0.835. The van der Waals surface area contributed by atoms with E-state index in [4.69, 9.17) is 0 Å². The number of nitrogens with zero attached hydrogens (tertiary/aromatic N) is 3. The molecule has 0 spiro atoms. The van der Waals surface area contributed by atoms with Crippen molar-refractivity contribution in [2.24, 2.45) is 0 Å². The Morgan fingerprint density at radius 2 is 1.92 bits per heavy atom. The van der Waals surface area contributed by atoms with Gasteiger partial charge in [0.15, 0.2) is 0 Å². The van der Waals surface area contributed by atoms with Gasteiger partial charge in [0.25, 0.3) is 0 Å². The summed E-state index contributed by atoms with van der Waals surface area (Å²) in [5, 5.41) is 0. The monoisotopic (exact) mass is 181 g/mol. The summed E-state index contributed by atoms with van der Waals surface area (Å²) >= 11 is 1.23. The molecule has 0 aliphatic carbocycles. The second-order valence-electron chi connectivity index (χ2n) is 2.09. The Labute approximate surface area is 75.8 Å². The topological polar surface area (TPSA) is 38.7 Å². The van der Waals surface area contributed by atoms with Crippen LogP contribution in [0.1, 0.15) is 19.4 Å². The highest BCUT2D eigenvalue weighted by Gasteiger charge is 1.99. The van der Waals surface area contributed by atoms with Crippen molar-refractivity contribution in [2.45, 2.75) is 20.8 Å². The first-order chi connectivity index (χ1) is 5.88. The average Bonchev–Trinajstić information content (AvgIpc) is 2.57. The predicted molar refractivity (Wildman–Crippen MR) is 51.3 cm³/mol. The Balaban J connectivity index is 0.000000336. The van der Waals surface area contributed by atoms with Crippen LogP contribution in [0.3, 0.4) is 0 Å². The fourth-order valence-corrected chi connectivity index (χ4v) is 1.42. The lowest BCUT2D eigenvalue weighted by atomic mass is 10.3. The highest BCUT2D eigenvalue weighted by molar-refractivity contribution is 7.00. The second kappa shape index (κ2) is 4.11. The molecule has 0 saturated heterocycles. The zero-order valence-electron chi connectivity index (χ0n) is 7.40. The van der Waals surface area contributed by atoms with E-state index in [-0.39, 0.29) is 0 Å². The van der Waals surface area contributed by atoms with E-state index in [1.54, 1.807) is 12.4 Å². The first kappa shape index (κ1) is 9.06. The lowest BCUT2D eigenvalue weighted by molar-refractivity contribution is 1.29. The molecule has 2 aromatic rings. The van der Waals surface area contributed by atoms with Gasteiger partial charge in [-0.1, -0.05) is 13.8 Å². The summed E-state index contributed by atoms with van der Waals surface area (Å²) in [5.41, 5.74) is 2.95. The summed E-state index contributed by atoms with van der Waals surface area (Å²) in [6.07, 6.45) is 3.52. The summed E-state index contributed by atoms with van der Waals surface area (Å²) in [5.74, 6) is 0. The molecular formula is C8H11N3S. The summed E-state index contributed by atoms with van der Waals surface area (Å²) in [6.45, 7) is 5.98. The second-order valence-corrected chi connectivity index (χ2v) is 2.62.